The van der Waals surface area contributed by atoms with Crippen molar-refractivity contribution in [1.29, 1.82) is 0 Å². The molecule has 2 aliphatic carbocycles. The van der Waals surface area contributed by atoms with E-state index in [-0.39, 0.29) is 0 Å². The molecule has 0 saturated heterocycles. The Hall–Kier alpha value is -2.04. The minimum Gasteiger partial charge on any atom is -0.492 e. The monoisotopic (exact) mass is 355 g/mol. The van der Waals surface area contributed by atoms with Crippen molar-refractivity contribution < 1.29 is 9.47 Å². The van der Waals surface area contributed by atoms with E-state index in [1.165, 1.54) is 57.1 Å². The molecule has 2 atom stereocenters. The number of methoxy groups -OCH3 is 1. The van der Waals surface area contributed by atoms with E-state index in [4.69, 9.17) is 14.6 Å². The summed E-state index contributed by atoms with van der Waals surface area (Å²) < 4.78 is 13.5. The molecule has 0 aromatic carbocycles. The Balaban J connectivity index is 1.45. The summed E-state index contributed by atoms with van der Waals surface area (Å²) in [6.07, 6.45) is 14.0. The van der Waals surface area contributed by atoms with E-state index < -0.39 is 0 Å². The van der Waals surface area contributed by atoms with E-state index in [1.54, 1.807) is 13.3 Å². The molecule has 4 rings (SSSR count). The van der Waals surface area contributed by atoms with Gasteiger partial charge in [0.1, 0.15) is 5.75 Å². The van der Waals surface area contributed by atoms with Gasteiger partial charge in [0.15, 0.2) is 0 Å². The maximum atomic E-state index is 6.09. The molecule has 0 spiro atoms. The fraction of sp³-hybridized carbons (Fsp3) is 0.619. The van der Waals surface area contributed by atoms with E-state index in [9.17, 15) is 0 Å². The molecule has 0 N–H and O–H groups in total. The van der Waals surface area contributed by atoms with Gasteiger partial charge in [0.05, 0.1) is 26.0 Å². The second-order valence-corrected chi connectivity index (χ2v) is 7.64. The first-order valence-corrected chi connectivity index (χ1v) is 10.0. The summed E-state index contributed by atoms with van der Waals surface area (Å²) in [6, 6.07) is 6.64. The van der Waals surface area contributed by atoms with E-state index in [0.717, 1.165) is 12.4 Å². The third-order valence-corrected chi connectivity index (χ3v) is 6.04. The molecule has 0 amide bonds. The molecule has 2 fully saturated rings. The lowest BCUT2D eigenvalue weighted by Crippen LogP contribution is -2.26. The zero-order chi connectivity index (χ0) is 17.8. The smallest absolute Gasteiger partial charge is 0.213 e. The molecule has 0 radical (unpaired) electrons. The third kappa shape index (κ3) is 3.71. The SMILES string of the molecule is COc1ccc(OCC2CCCCC2c2ccnn2C2CCCC2)cn1. The van der Waals surface area contributed by atoms with E-state index in [2.05, 4.69) is 15.7 Å². The highest BCUT2D eigenvalue weighted by molar-refractivity contribution is 5.23. The van der Waals surface area contributed by atoms with Gasteiger partial charge in [-0.25, -0.2) is 4.98 Å². The lowest BCUT2D eigenvalue weighted by atomic mass is 9.77. The van der Waals surface area contributed by atoms with Crippen molar-refractivity contribution in [2.75, 3.05) is 13.7 Å². The van der Waals surface area contributed by atoms with Crippen LogP contribution in [0.1, 0.15) is 69.0 Å². The molecule has 2 aliphatic rings. The Morgan fingerprint density at radius 3 is 2.62 bits per heavy atom. The van der Waals surface area contributed by atoms with Gasteiger partial charge in [-0.2, -0.15) is 5.10 Å². The van der Waals surface area contributed by atoms with Crippen LogP contribution >= 0.6 is 0 Å². The summed E-state index contributed by atoms with van der Waals surface area (Å²) in [6.45, 7) is 0.745. The fourth-order valence-corrected chi connectivity index (χ4v) is 4.64. The first-order valence-electron chi connectivity index (χ1n) is 10.0. The Bertz CT molecular complexity index is 692. The van der Waals surface area contributed by atoms with E-state index >= 15 is 0 Å². The Morgan fingerprint density at radius 2 is 1.85 bits per heavy atom. The molecule has 140 valence electrons. The average molecular weight is 355 g/mol. The summed E-state index contributed by atoms with van der Waals surface area (Å²) in [4.78, 5) is 4.23. The fourth-order valence-electron chi connectivity index (χ4n) is 4.64. The molecule has 2 aromatic rings. The van der Waals surface area contributed by atoms with Crippen molar-refractivity contribution >= 4 is 0 Å². The second-order valence-electron chi connectivity index (χ2n) is 7.64. The Morgan fingerprint density at radius 1 is 1.04 bits per heavy atom. The van der Waals surface area contributed by atoms with E-state index in [0.29, 0.717) is 23.8 Å². The standard InChI is InChI=1S/C21H29N3O2/c1-25-21-11-10-18(14-22-21)26-15-16-6-2-5-9-19(16)20-12-13-23-24(20)17-7-3-4-8-17/h10-14,16-17,19H,2-9,15H2,1H3. The highest BCUT2D eigenvalue weighted by Crippen LogP contribution is 2.40. The first kappa shape index (κ1) is 17.4. The molecule has 0 aliphatic heterocycles. The molecular weight excluding hydrogens is 326 g/mol. The van der Waals surface area contributed by atoms with E-state index in [1.807, 2.05) is 18.3 Å². The number of aromatic nitrogens is 3. The van der Waals surface area contributed by atoms with Crippen molar-refractivity contribution in [2.24, 2.45) is 5.92 Å². The molecule has 5 nitrogen and oxygen atoms in total. The number of hydrogen-bond donors (Lipinski definition) is 0. The van der Waals surface area contributed by atoms with Crippen molar-refractivity contribution in [3.63, 3.8) is 0 Å². The van der Waals surface area contributed by atoms with Crippen LogP contribution in [0.3, 0.4) is 0 Å². The molecule has 2 unspecified atom stereocenters. The molecule has 2 heterocycles. The van der Waals surface area contributed by atoms with Crippen molar-refractivity contribution in [3.8, 4) is 11.6 Å². The molecule has 26 heavy (non-hydrogen) atoms. The summed E-state index contributed by atoms with van der Waals surface area (Å²) in [7, 11) is 1.63. The minimum absolute atomic E-state index is 0.544. The predicted molar refractivity (Wildman–Crippen MR) is 101 cm³/mol. The van der Waals surface area contributed by atoms with Gasteiger partial charge in [0.25, 0.3) is 0 Å². The van der Waals surface area contributed by atoms with Crippen LogP contribution in [0.2, 0.25) is 0 Å². The number of pyridine rings is 1. The maximum absolute atomic E-state index is 6.09. The van der Waals surface area contributed by atoms with Gasteiger partial charge in [-0.05, 0) is 37.8 Å². The molecule has 2 saturated carbocycles. The molecular formula is C21H29N3O2. The molecule has 5 heteroatoms. The minimum atomic E-state index is 0.544. The van der Waals surface area contributed by atoms with Crippen LogP contribution in [0.25, 0.3) is 0 Å². The summed E-state index contributed by atoms with van der Waals surface area (Å²) in [5.74, 6) is 2.54. The summed E-state index contributed by atoms with van der Waals surface area (Å²) in [5.41, 5.74) is 1.43. The third-order valence-electron chi connectivity index (χ3n) is 6.04. The van der Waals surface area contributed by atoms with Gasteiger partial charge in [-0.1, -0.05) is 25.7 Å². The lowest BCUT2D eigenvalue weighted by molar-refractivity contribution is 0.179. The van der Waals surface area contributed by atoms with Crippen LogP contribution in [-0.2, 0) is 0 Å². The average Bonchev–Trinajstić information content (AvgIpc) is 3.38. The van der Waals surface area contributed by atoms with Gasteiger partial charge in [0.2, 0.25) is 5.88 Å². The quantitative estimate of drug-likeness (QED) is 0.750. The zero-order valence-electron chi connectivity index (χ0n) is 15.6. The zero-order valence-corrected chi connectivity index (χ0v) is 15.6. The van der Waals surface area contributed by atoms with Gasteiger partial charge in [-0.3, -0.25) is 4.68 Å². The topological polar surface area (TPSA) is 49.2 Å². The van der Waals surface area contributed by atoms with Gasteiger partial charge >= 0.3 is 0 Å². The molecule has 0 bridgehead atoms. The predicted octanol–water partition coefficient (Wildman–Crippen LogP) is 4.75. The summed E-state index contributed by atoms with van der Waals surface area (Å²) in [5, 5.41) is 4.70. The van der Waals surface area contributed by atoms with Crippen LogP contribution < -0.4 is 9.47 Å². The number of rotatable bonds is 6. The largest absolute Gasteiger partial charge is 0.492 e. The number of nitrogens with zero attached hydrogens (tertiary/aromatic N) is 3. The van der Waals surface area contributed by atoms with Crippen LogP contribution in [-0.4, -0.2) is 28.5 Å². The van der Waals surface area contributed by atoms with Crippen molar-refractivity contribution in [1.82, 2.24) is 14.8 Å². The Labute approximate surface area is 155 Å². The normalized spacial score (nSPS) is 23.9. The van der Waals surface area contributed by atoms with Gasteiger partial charge < -0.3 is 9.47 Å². The van der Waals surface area contributed by atoms with Gasteiger partial charge in [0, 0.05) is 29.8 Å². The second kappa shape index (κ2) is 8.11. The first-order chi connectivity index (χ1) is 12.8. The number of ether oxygens (including phenoxy) is 2. The van der Waals surface area contributed by atoms with Gasteiger partial charge in [-0.15, -0.1) is 0 Å². The summed E-state index contributed by atoms with van der Waals surface area (Å²) >= 11 is 0. The molecule has 2 aromatic heterocycles. The van der Waals surface area contributed by atoms with Crippen LogP contribution in [0.5, 0.6) is 11.6 Å². The maximum Gasteiger partial charge on any atom is 0.213 e. The number of hydrogen-bond acceptors (Lipinski definition) is 4. The highest BCUT2D eigenvalue weighted by atomic mass is 16.5. The van der Waals surface area contributed by atoms with Crippen LogP contribution in [0.15, 0.2) is 30.6 Å². The Kier molecular flexibility index (Phi) is 5.42. The van der Waals surface area contributed by atoms with Crippen LogP contribution in [0, 0.1) is 5.92 Å². The highest BCUT2D eigenvalue weighted by Gasteiger charge is 2.31. The van der Waals surface area contributed by atoms with Crippen LogP contribution in [0.4, 0.5) is 0 Å². The van der Waals surface area contributed by atoms with Crippen molar-refractivity contribution in [2.45, 2.75) is 63.3 Å². The lowest BCUT2D eigenvalue weighted by Gasteiger charge is -2.32. The van der Waals surface area contributed by atoms with Crippen molar-refractivity contribution in [3.05, 3.63) is 36.3 Å².